The van der Waals surface area contributed by atoms with Crippen molar-refractivity contribution in [3.63, 3.8) is 0 Å². The molecule has 2 aromatic rings. The van der Waals surface area contributed by atoms with Gasteiger partial charge in [0, 0.05) is 17.1 Å². The number of aromatic nitrogens is 2. The largest absolute Gasteiger partial charge is 0.454 e. The lowest BCUT2D eigenvalue weighted by molar-refractivity contribution is 0.477. The predicted molar refractivity (Wildman–Crippen MR) is 81.5 cm³/mol. The molecular formula is C15H20ClN3O. The van der Waals surface area contributed by atoms with Crippen LogP contribution < -0.4 is 10.5 Å². The molecule has 0 spiro atoms. The monoisotopic (exact) mass is 293 g/mol. The Kier molecular flexibility index (Phi) is 4.68. The van der Waals surface area contributed by atoms with E-state index in [0.717, 1.165) is 12.0 Å². The second-order valence-electron chi connectivity index (χ2n) is 5.29. The minimum absolute atomic E-state index is 0.0866. The number of rotatable bonds is 5. The molecule has 2 N–H and O–H groups in total. The SMILES string of the molecule is CC(N)Cc1ccc(Oc2cnn(C(C)C)c2)cc1Cl. The van der Waals surface area contributed by atoms with E-state index < -0.39 is 0 Å². The standard InChI is InChI=1S/C15H20ClN3O/c1-10(2)19-9-14(8-18-19)20-13-5-4-12(6-11(3)17)15(16)7-13/h4-5,7-11H,6,17H2,1-3H3. The van der Waals surface area contributed by atoms with Crippen LogP contribution in [0.4, 0.5) is 0 Å². The van der Waals surface area contributed by atoms with E-state index in [-0.39, 0.29) is 6.04 Å². The summed E-state index contributed by atoms with van der Waals surface area (Å²) in [6.07, 6.45) is 4.32. The highest BCUT2D eigenvalue weighted by Crippen LogP contribution is 2.27. The molecule has 1 aromatic carbocycles. The van der Waals surface area contributed by atoms with Gasteiger partial charge in [0.05, 0.1) is 12.4 Å². The summed E-state index contributed by atoms with van der Waals surface area (Å²) in [5, 5.41) is 4.91. The van der Waals surface area contributed by atoms with Gasteiger partial charge in [0.15, 0.2) is 5.75 Å². The molecule has 0 aliphatic carbocycles. The minimum atomic E-state index is 0.0866. The van der Waals surface area contributed by atoms with Crippen molar-refractivity contribution < 1.29 is 4.74 Å². The van der Waals surface area contributed by atoms with Gasteiger partial charge >= 0.3 is 0 Å². The van der Waals surface area contributed by atoms with Gasteiger partial charge in [0.25, 0.3) is 0 Å². The van der Waals surface area contributed by atoms with Crippen LogP contribution in [0.3, 0.4) is 0 Å². The second-order valence-corrected chi connectivity index (χ2v) is 5.69. The molecule has 0 radical (unpaired) electrons. The predicted octanol–water partition coefficient (Wildman–Crippen LogP) is 3.80. The van der Waals surface area contributed by atoms with Gasteiger partial charge in [-0.1, -0.05) is 17.7 Å². The zero-order valence-electron chi connectivity index (χ0n) is 12.0. The van der Waals surface area contributed by atoms with Crippen LogP contribution in [0.5, 0.6) is 11.5 Å². The topological polar surface area (TPSA) is 53.1 Å². The smallest absolute Gasteiger partial charge is 0.165 e. The molecule has 0 fully saturated rings. The van der Waals surface area contributed by atoms with E-state index in [1.807, 2.05) is 36.0 Å². The number of ether oxygens (including phenoxy) is 1. The zero-order valence-corrected chi connectivity index (χ0v) is 12.8. The molecule has 1 atom stereocenters. The normalized spacial score (nSPS) is 12.7. The molecule has 4 nitrogen and oxygen atoms in total. The van der Waals surface area contributed by atoms with Crippen LogP contribution in [-0.2, 0) is 6.42 Å². The first-order chi connectivity index (χ1) is 9.45. The van der Waals surface area contributed by atoms with Gasteiger partial charge in [-0.25, -0.2) is 0 Å². The number of benzene rings is 1. The van der Waals surface area contributed by atoms with E-state index in [2.05, 4.69) is 18.9 Å². The van der Waals surface area contributed by atoms with Crippen molar-refractivity contribution in [3.05, 3.63) is 41.2 Å². The summed E-state index contributed by atoms with van der Waals surface area (Å²) in [5.41, 5.74) is 6.82. The van der Waals surface area contributed by atoms with Crippen molar-refractivity contribution in [2.45, 2.75) is 39.3 Å². The Hall–Kier alpha value is -1.52. The summed E-state index contributed by atoms with van der Waals surface area (Å²) in [5.74, 6) is 1.40. The van der Waals surface area contributed by atoms with Crippen molar-refractivity contribution in [2.24, 2.45) is 5.73 Å². The molecule has 1 heterocycles. The summed E-state index contributed by atoms with van der Waals surface area (Å²) in [7, 11) is 0. The van der Waals surface area contributed by atoms with E-state index in [1.165, 1.54) is 0 Å². The van der Waals surface area contributed by atoms with Gasteiger partial charge in [-0.05, 0) is 44.9 Å². The number of nitrogens with zero attached hydrogens (tertiary/aromatic N) is 2. The lowest BCUT2D eigenvalue weighted by Crippen LogP contribution is -2.17. The Morgan fingerprint density at radius 3 is 2.60 bits per heavy atom. The molecule has 0 saturated carbocycles. The van der Waals surface area contributed by atoms with Crippen LogP contribution in [0, 0.1) is 0 Å². The van der Waals surface area contributed by atoms with Gasteiger partial charge in [0.2, 0.25) is 0 Å². The summed E-state index contributed by atoms with van der Waals surface area (Å²) in [6, 6.07) is 6.06. The Morgan fingerprint density at radius 1 is 1.30 bits per heavy atom. The lowest BCUT2D eigenvalue weighted by Gasteiger charge is -2.09. The van der Waals surface area contributed by atoms with Gasteiger partial charge in [0.1, 0.15) is 5.75 Å². The summed E-state index contributed by atoms with van der Waals surface area (Å²) >= 11 is 6.24. The molecule has 1 unspecified atom stereocenters. The van der Waals surface area contributed by atoms with Crippen molar-refractivity contribution in [2.75, 3.05) is 0 Å². The zero-order chi connectivity index (χ0) is 14.7. The van der Waals surface area contributed by atoms with Crippen LogP contribution >= 0.6 is 11.6 Å². The van der Waals surface area contributed by atoms with Gasteiger partial charge in [-0.2, -0.15) is 5.10 Å². The molecule has 0 bridgehead atoms. The van der Waals surface area contributed by atoms with Crippen LogP contribution in [0.2, 0.25) is 5.02 Å². The van der Waals surface area contributed by atoms with Gasteiger partial charge in [-0.3, -0.25) is 4.68 Å². The third-order valence-corrected chi connectivity index (χ3v) is 3.26. The molecule has 1 aromatic heterocycles. The molecule has 0 amide bonds. The van der Waals surface area contributed by atoms with E-state index in [9.17, 15) is 0 Å². The Balaban J connectivity index is 2.11. The summed E-state index contributed by atoms with van der Waals surface area (Å²) in [6.45, 7) is 6.09. The van der Waals surface area contributed by atoms with Crippen LogP contribution in [-0.4, -0.2) is 15.8 Å². The van der Waals surface area contributed by atoms with Crippen molar-refractivity contribution in [1.82, 2.24) is 9.78 Å². The maximum atomic E-state index is 6.24. The fourth-order valence-electron chi connectivity index (χ4n) is 1.90. The third kappa shape index (κ3) is 3.74. The Labute approximate surface area is 124 Å². The number of halogens is 1. The van der Waals surface area contributed by atoms with Gasteiger partial charge < -0.3 is 10.5 Å². The number of hydrogen-bond donors (Lipinski definition) is 1. The van der Waals surface area contributed by atoms with Crippen LogP contribution in [0.25, 0.3) is 0 Å². The van der Waals surface area contributed by atoms with E-state index >= 15 is 0 Å². The molecule has 0 aliphatic rings. The molecule has 108 valence electrons. The van der Waals surface area contributed by atoms with E-state index in [4.69, 9.17) is 22.1 Å². The average Bonchev–Trinajstić information content (AvgIpc) is 2.81. The molecule has 0 saturated heterocycles. The van der Waals surface area contributed by atoms with Crippen molar-refractivity contribution in [1.29, 1.82) is 0 Å². The quantitative estimate of drug-likeness (QED) is 0.912. The fraction of sp³-hybridized carbons (Fsp3) is 0.400. The Morgan fingerprint density at radius 2 is 2.05 bits per heavy atom. The molecule has 0 aliphatic heterocycles. The van der Waals surface area contributed by atoms with Crippen LogP contribution in [0.1, 0.15) is 32.4 Å². The highest BCUT2D eigenvalue weighted by Gasteiger charge is 2.07. The minimum Gasteiger partial charge on any atom is -0.454 e. The van der Waals surface area contributed by atoms with Gasteiger partial charge in [-0.15, -0.1) is 0 Å². The highest BCUT2D eigenvalue weighted by molar-refractivity contribution is 6.31. The first kappa shape index (κ1) is 14.9. The molecule has 2 rings (SSSR count). The van der Waals surface area contributed by atoms with E-state index in [1.54, 1.807) is 6.20 Å². The number of nitrogens with two attached hydrogens (primary N) is 1. The maximum Gasteiger partial charge on any atom is 0.165 e. The van der Waals surface area contributed by atoms with Crippen LogP contribution in [0.15, 0.2) is 30.6 Å². The van der Waals surface area contributed by atoms with Crippen molar-refractivity contribution >= 4 is 11.6 Å². The third-order valence-electron chi connectivity index (χ3n) is 2.91. The Bertz CT molecular complexity index is 578. The van der Waals surface area contributed by atoms with E-state index in [0.29, 0.717) is 22.6 Å². The number of hydrogen-bond acceptors (Lipinski definition) is 3. The fourth-order valence-corrected chi connectivity index (χ4v) is 2.14. The molecule has 5 heteroatoms. The first-order valence-electron chi connectivity index (χ1n) is 6.71. The summed E-state index contributed by atoms with van der Waals surface area (Å²) in [4.78, 5) is 0. The highest BCUT2D eigenvalue weighted by atomic mass is 35.5. The second kappa shape index (κ2) is 6.29. The van der Waals surface area contributed by atoms with Crippen molar-refractivity contribution in [3.8, 4) is 11.5 Å². The first-order valence-corrected chi connectivity index (χ1v) is 7.09. The molecule has 20 heavy (non-hydrogen) atoms. The molecular weight excluding hydrogens is 274 g/mol. The average molecular weight is 294 g/mol. The summed E-state index contributed by atoms with van der Waals surface area (Å²) < 4.78 is 7.60. The maximum absolute atomic E-state index is 6.24. The lowest BCUT2D eigenvalue weighted by atomic mass is 10.1.